The minimum atomic E-state index is -4.00. The summed E-state index contributed by atoms with van der Waals surface area (Å²) in [5, 5.41) is 0.543. The van der Waals surface area contributed by atoms with Crippen molar-refractivity contribution in [3.63, 3.8) is 0 Å². The number of amidine groups is 1. The van der Waals surface area contributed by atoms with Gasteiger partial charge in [0.25, 0.3) is 5.91 Å². The standard InChI is InChI=1S/C29H21BrN2O4S2/c1-20-12-15-24(16-13-20)38(34,35)36-26-17-14-21(18-25(26)30)19-27-28(33)32(23-10-6-3-7-11-23)29(37-27)31-22-8-4-2-5-9-22/h2-19H,1H3/b27-19+,31-29?. The molecule has 0 saturated carbocycles. The number of aryl methyl sites for hydroxylation is 1. The van der Waals surface area contributed by atoms with E-state index in [4.69, 9.17) is 9.18 Å². The van der Waals surface area contributed by atoms with Crippen LogP contribution in [-0.2, 0) is 14.9 Å². The molecule has 1 heterocycles. The van der Waals surface area contributed by atoms with Gasteiger partial charge in [-0.25, -0.2) is 4.99 Å². The van der Waals surface area contributed by atoms with Crippen LogP contribution in [0.5, 0.6) is 5.75 Å². The molecule has 38 heavy (non-hydrogen) atoms. The molecule has 4 aromatic rings. The zero-order valence-electron chi connectivity index (χ0n) is 20.1. The zero-order chi connectivity index (χ0) is 26.7. The van der Waals surface area contributed by atoms with E-state index in [0.717, 1.165) is 11.3 Å². The first-order valence-corrected chi connectivity index (χ1v) is 14.6. The number of carbonyl (C=O) groups is 1. The maximum Gasteiger partial charge on any atom is 0.339 e. The highest BCUT2D eigenvalue weighted by molar-refractivity contribution is 9.10. The fraction of sp³-hybridized carbons (Fsp3) is 0.0345. The topological polar surface area (TPSA) is 76.0 Å². The highest BCUT2D eigenvalue weighted by atomic mass is 79.9. The maximum atomic E-state index is 13.5. The Kier molecular flexibility index (Phi) is 7.51. The van der Waals surface area contributed by atoms with Crippen LogP contribution in [0.4, 0.5) is 11.4 Å². The Morgan fingerprint density at radius 3 is 2.21 bits per heavy atom. The molecule has 5 rings (SSSR count). The predicted molar refractivity (Wildman–Crippen MR) is 156 cm³/mol. The van der Waals surface area contributed by atoms with Gasteiger partial charge < -0.3 is 4.18 Å². The van der Waals surface area contributed by atoms with E-state index in [1.807, 2.05) is 67.6 Å². The van der Waals surface area contributed by atoms with Crippen molar-refractivity contribution in [3.8, 4) is 5.75 Å². The number of hydrogen-bond donors (Lipinski definition) is 0. The van der Waals surface area contributed by atoms with Crippen molar-refractivity contribution >= 4 is 66.3 Å². The molecule has 1 fully saturated rings. The smallest absolute Gasteiger partial charge is 0.339 e. The molecule has 1 aliphatic rings. The summed E-state index contributed by atoms with van der Waals surface area (Å²) in [7, 11) is -4.00. The lowest BCUT2D eigenvalue weighted by Gasteiger charge is -2.15. The Labute approximate surface area is 233 Å². The van der Waals surface area contributed by atoms with Gasteiger partial charge in [0, 0.05) is 0 Å². The van der Waals surface area contributed by atoms with Gasteiger partial charge in [0.15, 0.2) is 10.9 Å². The van der Waals surface area contributed by atoms with Gasteiger partial charge in [0.05, 0.1) is 20.8 Å². The molecule has 9 heteroatoms. The van der Waals surface area contributed by atoms with Crippen LogP contribution in [-0.4, -0.2) is 19.5 Å². The van der Waals surface area contributed by atoms with Crippen molar-refractivity contribution in [2.75, 3.05) is 4.90 Å². The first-order chi connectivity index (χ1) is 18.3. The van der Waals surface area contributed by atoms with E-state index in [-0.39, 0.29) is 16.6 Å². The van der Waals surface area contributed by atoms with Crippen LogP contribution in [0.3, 0.4) is 0 Å². The SMILES string of the molecule is Cc1ccc(S(=O)(=O)Oc2ccc(/C=C3/SC(=Nc4ccccc4)N(c4ccccc4)C3=O)cc2Br)cc1. The fourth-order valence-electron chi connectivity index (χ4n) is 3.66. The summed E-state index contributed by atoms with van der Waals surface area (Å²) in [5.41, 5.74) is 3.10. The molecule has 1 amide bonds. The number of carbonyl (C=O) groups excluding carboxylic acids is 1. The summed E-state index contributed by atoms with van der Waals surface area (Å²) in [6.07, 6.45) is 1.75. The minimum Gasteiger partial charge on any atom is -0.378 e. The molecule has 0 bridgehead atoms. The number of aliphatic imine (C=N–C) groups is 1. The quantitative estimate of drug-likeness (QED) is 0.170. The molecule has 0 atom stereocenters. The van der Waals surface area contributed by atoms with Crippen LogP contribution in [0.25, 0.3) is 6.08 Å². The van der Waals surface area contributed by atoms with E-state index in [2.05, 4.69) is 15.9 Å². The van der Waals surface area contributed by atoms with Crippen molar-refractivity contribution in [1.82, 2.24) is 0 Å². The average Bonchev–Trinajstić information content (AvgIpc) is 3.21. The van der Waals surface area contributed by atoms with Gasteiger partial charge in [-0.15, -0.1) is 0 Å². The lowest BCUT2D eigenvalue weighted by molar-refractivity contribution is -0.113. The van der Waals surface area contributed by atoms with Gasteiger partial charge >= 0.3 is 10.1 Å². The molecule has 4 aromatic carbocycles. The second kappa shape index (κ2) is 11.0. The van der Waals surface area contributed by atoms with E-state index >= 15 is 0 Å². The van der Waals surface area contributed by atoms with E-state index in [1.54, 1.807) is 41.3 Å². The molecule has 1 saturated heterocycles. The number of rotatable bonds is 6. The molecule has 0 aliphatic carbocycles. The Morgan fingerprint density at radius 2 is 1.55 bits per heavy atom. The van der Waals surface area contributed by atoms with Gasteiger partial charge in [0.1, 0.15) is 4.90 Å². The summed E-state index contributed by atoms with van der Waals surface area (Å²) in [6.45, 7) is 1.88. The fourth-order valence-corrected chi connectivity index (χ4v) is 6.20. The monoisotopic (exact) mass is 604 g/mol. The summed E-state index contributed by atoms with van der Waals surface area (Å²) in [6, 6.07) is 30.2. The predicted octanol–water partition coefficient (Wildman–Crippen LogP) is 7.33. The second-order valence-corrected chi connectivity index (χ2v) is 11.8. The Balaban J connectivity index is 1.44. The Bertz CT molecular complexity index is 1650. The van der Waals surface area contributed by atoms with E-state index in [9.17, 15) is 13.2 Å². The van der Waals surface area contributed by atoms with Crippen molar-refractivity contribution in [3.05, 3.63) is 124 Å². The van der Waals surface area contributed by atoms with Crippen molar-refractivity contribution in [1.29, 1.82) is 0 Å². The lowest BCUT2D eigenvalue weighted by Crippen LogP contribution is -2.28. The first-order valence-electron chi connectivity index (χ1n) is 11.5. The summed E-state index contributed by atoms with van der Waals surface area (Å²) in [5.74, 6) is -0.0513. The largest absolute Gasteiger partial charge is 0.378 e. The molecular weight excluding hydrogens is 584 g/mol. The number of halogens is 1. The summed E-state index contributed by atoms with van der Waals surface area (Å²) >= 11 is 4.68. The van der Waals surface area contributed by atoms with E-state index in [0.29, 0.717) is 25.8 Å². The number of anilines is 1. The highest BCUT2D eigenvalue weighted by Crippen LogP contribution is 2.38. The normalized spacial score (nSPS) is 15.8. The van der Waals surface area contributed by atoms with Gasteiger partial charge in [-0.3, -0.25) is 9.69 Å². The summed E-state index contributed by atoms with van der Waals surface area (Å²) in [4.78, 5) is 20.3. The average molecular weight is 606 g/mol. The molecule has 190 valence electrons. The number of amides is 1. The maximum absolute atomic E-state index is 13.5. The van der Waals surface area contributed by atoms with E-state index in [1.165, 1.54) is 23.9 Å². The molecular formula is C29H21BrN2O4S2. The third-order valence-corrected chi connectivity index (χ3v) is 8.40. The van der Waals surface area contributed by atoms with Crippen LogP contribution < -0.4 is 9.08 Å². The lowest BCUT2D eigenvalue weighted by atomic mass is 10.2. The van der Waals surface area contributed by atoms with Crippen LogP contribution in [0.1, 0.15) is 11.1 Å². The van der Waals surface area contributed by atoms with Gasteiger partial charge in [0.2, 0.25) is 0 Å². The number of benzene rings is 4. The van der Waals surface area contributed by atoms with Crippen LogP contribution in [0.15, 0.2) is 122 Å². The number of nitrogens with zero attached hydrogens (tertiary/aromatic N) is 2. The van der Waals surface area contributed by atoms with Crippen molar-refractivity contribution in [2.45, 2.75) is 11.8 Å². The number of hydrogen-bond acceptors (Lipinski definition) is 6. The van der Waals surface area contributed by atoms with E-state index < -0.39 is 10.1 Å². The number of thioether (sulfide) groups is 1. The van der Waals surface area contributed by atoms with Gasteiger partial charge in [-0.05, 0) is 94.8 Å². The second-order valence-electron chi connectivity index (χ2n) is 8.36. The minimum absolute atomic E-state index is 0.0698. The van der Waals surface area contributed by atoms with Crippen molar-refractivity contribution in [2.24, 2.45) is 4.99 Å². The van der Waals surface area contributed by atoms with Gasteiger partial charge in [-0.1, -0.05) is 60.2 Å². The molecule has 1 aliphatic heterocycles. The first kappa shape index (κ1) is 26.0. The molecule has 0 aromatic heterocycles. The number of para-hydroxylation sites is 2. The third-order valence-electron chi connectivity index (χ3n) is 5.56. The Hall–Kier alpha value is -3.66. The molecule has 0 spiro atoms. The zero-order valence-corrected chi connectivity index (χ0v) is 23.3. The van der Waals surface area contributed by atoms with Crippen LogP contribution in [0.2, 0.25) is 0 Å². The van der Waals surface area contributed by atoms with Crippen LogP contribution >= 0.6 is 27.7 Å². The highest BCUT2D eigenvalue weighted by Gasteiger charge is 2.34. The third kappa shape index (κ3) is 5.75. The molecule has 0 radical (unpaired) electrons. The molecule has 0 unspecified atom stereocenters. The summed E-state index contributed by atoms with van der Waals surface area (Å²) < 4.78 is 31.2. The molecule has 6 nitrogen and oxygen atoms in total. The Morgan fingerprint density at radius 1 is 0.895 bits per heavy atom. The van der Waals surface area contributed by atoms with Gasteiger partial charge in [-0.2, -0.15) is 8.42 Å². The van der Waals surface area contributed by atoms with Crippen LogP contribution in [0, 0.1) is 6.92 Å². The van der Waals surface area contributed by atoms with Crippen molar-refractivity contribution < 1.29 is 17.4 Å². The molecule has 0 N–H and O–H groups in total.